The summed E-state index contributed by atoms with van der Waals surface area (Å²) in [6.45, 7) is 6.05. The third kappa shape index (κ3) is 6.99. The summed E-state index contributed by atoms with van der Waals surface area (Å²) in [4.78, 5) is 12.7. The maximum Gasteiger partial charge on any atom is 0.243 e. The summed E-state index contributed by atoms with van der Waals surface area (Å²) in [5, 5.41) is 2.75. The van der Waals surface area contributed by atoms with Crippen LogP contribution in [0, 0.1) is 13.8 Å². The van der Waals surface area contributed by atoms with Crippen LogP contribution in [0.5, 0.6) is 17.2 Å². The van der Waals surface area contributed by atoms with Crippen molar-refractivity contribution in [3.8, 4) is 17.2 Å². The molecule has 0 aliphatic heterocycles. The van der Waals surface area contributed by atoms with Crippen LogP contribution in [0.4, 0.5) is 5.69 Å². The van der Waals surface area contributed by atoms with Crippen LogP contribution in [0.1, 0.15) is 18.1 Å². The Morgan fingerprint density at radius 2 is 1.50 bits per heavy atom. The molecule has 0 aromatic heterocycles. The lowest BCUT2D eigenvalue weighted by Crippen LogP contribution is -2.48. The molecule has 0 saturated carbocycles. The molecule has 34 heavy (non-hydrogen) atoms. The highest BCUT2D eigenvalue weighted by molar-refractivity contribution is 7.92. The van der Waals surface area contributed by atoms with Gasteiger partial charge in [-0.25, -0.2) is 8.42 Å². The van der Waals surface area contributed by atoms with E-state index < -0.39 is 22.0 Å². The first-order valence-corrected chi connectivity index (χ1v) is 12.8. The number of para-hydroxylation sites is 1. The summed E-state index contributed by atoms with van der Waals surface area (Å²) in [6, 6.07) is 20.8. The molecule has 0 unspecified atom stereocenters. The quantitative estimate of drug-likeness (QED) is 0.432. The Morgan fingerprint density at radius 3 is 2.09 bits per heavy atom. The van der Waals surface area contributed by atoms with Gasteiger partial charge in [0.1, 0.15) is 29.9 Å². The molecule has 0 fully saturated rings. The zero-order valence-corrected chi connectivity index (χ0v) is 20.6. The molecule has 1 N–H and O–H groups in total. The fourth-order valence-electron chi connectivity index (χ4n) is 3.60. The monoisotopic (exact) mass is 482 g/mol. The molecule has 0 bridgehead atoms. The van der Waals surface area contributed by atoms with E-state index in [2.05, 4.69) is 11.4 Å². The summed E-state index contributed by atoms with van der Waals surface area (Å²) in [6.07, 6.45) is 1.08. The molecule has 0 heterocycles. The van der Waals surface area contributed by atoms with Gasteiger partial charge in [-0.05, 0) is 80.4 Å². The Bertz CT molecular complexity index is 1190. The van der Waals surface area contributed by atoms with Gasteiger partial charge in [0.2, 0.25) is 15.9 Å². The van der Waals surface area contributed by atoms with Gasteiger partial charge in [-0.1, -0.05) is 24.3 Å². The van der Waals surface area contributed by atoms with Crippen molar-refractivity contribution >= 4 is 21.6 Å². The second kappa shape index (κ2) is 11.1. The van der Waals surface area contributed by atoms with E-state index in [1.54, 1.807) is 31.2 Å². The van der Waals surface area contributed by atoms with E-state index in [1.807, 2.05) is 56.3 Å². The third-order valence-electron chi connectivity index (χ3n) is 5.02. The first-order chi connectivity index (χ1) is 16.1. The average Bonchev–Trinajstić information content (AvgIpc) is 2.77. The minimum Gasteiger partial charge on any atom is -0.492 e. The maximum absolute atomic E-state index is 12.7. The molecule has 0 saturated heterocycles. The molecule has 1 atom stereocenters. The number of carbonyl (C=O) groups is 1. The zero-order valence-electron chi connectivity index (χ0n) is 19.8. The molecule has 0 aliphatic rings. The van der Waals surface area contributed by atoms with E-state index in [-0.39, 0.29) is 13.2 Å². The standard InChI is InChI=1S/C26H30N2O5S/c1-19-16-20(2)18-25(17-19)32-15-14-27-26(29)21(3)28(34(4,30)31)22-10-12-24(13-11-22)33-23-8-6-5-7-9-23/h5-13,16-18,21H,14-15H2,1-4H3,(H,27,29)/t21-/m0/s1. The van der Waals surface area contributed by atoms with Crippen LogP contribution in [0.2, 0.25) is 0 Å². The first-order valence-electron chi connectivity index (χ1n) is 10.9. The van der Waals surface area contributed by atoms with Crippen molar-refractivity contribution in [3.05, 3.63) is 83.9 Å². The number of carbonyl (C=O) groups excluding carboxylic acids is 1. The highest BCUT2D eigenvalue weighted by Gasteiger charge is 2.29. The number of sulfonamides is 1. The number of benzene rings is 3. The largest absolute Gasteiger partial charge is 0.492 e. The molecule has 3 aromatic carbocycles. The lowest BCUT2D eigenvalue weighted by molar-refractivity contribution is -0.121. The van der Waals surface area contributed by atoms with Gasteiger partial charge in [-0.15, -0.1) is 0 Å². The minimum atomic E-state index is -3.72. The molecule has 7 nitrogen and oxygen atoms in total. The van der Waals surface area contributed by atoms with Crippen LogP contribution in [-0.2, 0) is 14.8 Å². The molecular formula is C26H30N2O5S. The van der Waals surface area contributed by atoms with Crippen molar-refractivity contribution in [2.45, 2.75) is 26.8 Å². The first kappa shape index (κ1) is 25.1. The lowest BCUT2D eigenvalue weighted by atomic mass is 10.1. The number of anilines is 1. The highest BCUT2D eigenvalue weighted by Crippen LogP contribution is 2.27. The van der Waals surface area contributed by atoms with Crippen molar-refractivity contribution in [1.82, 2.24) is 5.32 Å². The van der Waals surface area contributed by atoms with Gasteiger partial charge in [0.25, 0.3) is 0 Å². The van der Waals surface area contributed by atoms with Gasteiger partial charge >= 0.3 is 0 Å². The summed E-state index contributed by atoms with van der Waals surface area (Å²) in [7, 11) is -3.72. The second-order valence-electron chi connectivity index (χ2n) is 8.11. The number of ether oxygens (including phenoxy) is 2. The molecule has 0 spiro atoms. The Kier molecular flexibility index (Phi) is 8.17. The minimum absolute atomic E-state index is 0.248. The third-order valence-corrected chi connectivity index (χ3v) is 6.27. The van der Waals surface area contributed by atoms with E-state index in [0.29, 0.717) is 17.2 Å². The molecule has 8 heteroatoms. The van der Waals surface area contributed by atoms with Crippen LogP contribution < -0.4 is 19.1 Å². The highest BCUT2D eigenvalue weighted by atomic mass is 32.2. The summed E-state index contributed by atoms with van der Waals surface area (Å²) >= 11 is 0. The molecule has 1 amide bonds. The lowest BCUT2D eigenvalue weighted by Gasteiger charge is -2.28. The fraction of sp³-hybridized carbons (Fsp3) is 0.269. The van der Waals surface area contributed by atoms with Gasteiger partial charge < -0.3 is 14.8 Å². The number of hydrogen-bond acceptors (Lipinski definition) is 5. The van der Waals surface area contributed by atoms with E-state index in [9.17, 15) is 13.2 Å². The Morgan fingerprint density at radius 1 is 0.912 bits per heavy atom. The predicted octanol–water partition coefficient (Wildman–Crippen LogP) is 4.45. The van der Waals surface area contributed by atoms with Gasteiger partial charge in [-0.3, -0.25) is 9.10 Å². The Hall–Kier alpha value is -3.52. The number of amides is 1. The number of nitrogens with one attached hydrogen (secondary N) is 1. The van der Waals surface area contributed by atoms with Crippen molar-refractivity contribution in [2.75, 3.05) is 23.7 Å². The SMILES string of the molecule is Cc1cc(C)cc(OCCNC(=O)[C@H](C)N(c2ccc(Oc3ccccc3)cc2)S(C)(=O)=O)c1. The second-order valence-corrected chi connectivity index (χ2v) is 9.97. The van der Waals surface area contributed by atoms with Crippen molar-refractivity contribution < 1.29 is 22.7 Å². The summed E-state index contributed by atoms with van der Waals surface area (Å²) < 4.78 is 37.6. The fourth-order valence-corrected chi connectivity index (χ4v) is 4.78. The normalized spacial score (nSPS) is 12.0. The molecule has 0 aliphatic carbocycles. The molecular weight excluding hydrogens is 452 g/mol. The number of hydrogen-bond donors (Lipinski definition) is 1. The van der Waals surface area contributed by atoms with Gasteiger partial charge in [0.15, 0.2) is 0 Å². The number of aryl methyl sites for hydroxylation is 2. The topological polar surface area (TPSA) is 84.9 Å². The van der Waals surface area contributed by atoms with E-state index in [0.717, 1.165) is 27.4 Å². The van der Waals surface area contributed by atoms with Crippen molar-refractivity contribution in [1.29, 1.82) is 0 Å². The molecule has 3 rings (SSSR count). The Balaban J connectivity index is 1.62. The van der Waals surface area contributed by atoms with E-state index >= 15 is 0 Å². The van der Waals surface area contributed by atoms with Crippen molar-refractivity contribution in [3.63, 3.8) is 0 Å². The molecule has 180 valence electrons. The Labute approximate surface area is 201 Å². The van der Waals surface area contributed by atoms with Crippen LogP contribution in [0.15, 0.2) is 72.8 Å². The number of rotatable bonds is 10. The summed E-state index contributed by atoms with van der Waals surface area (Å²) in [5.74, 6) is 1.55. The average molecular weight is 483 g/mol. The van der Waals surface area contributed by atoms with Crippen LogP contribution in [0.25, 0.3) is 0 Å². The van der Waals surface area contributed by atoms with Crippen LogP contribution in [-0.4, -0.2) is 39.8 Å². The number of nitrogens with zero attached hydrogens (tertiary/aromatic N) is 1. The van der Waals surface area contributed by atoms with Gasteiger partial charge in [-0.2, -0.15) is 0 Å². The van der Waals surface area contributed by atoms with E-state index in [1.165, 1.54) is 0 Å². The summed E-state index contributed by atoms with van der Waals surface area (Å²) in [5.41, 5.74) is 2.56. The van der Waals surface area contributed by atoms with Crippen LogP contribution in [0.3, 0.4) is 0 Å². The van der Waals surface area contributed by atoms with Crippen molar-refractivity contribution in [2.24, 2.45) is 0 Å². The zero-order chi connectivity index (χ0) is 24.7. The van der Waals surface area contributed by atoms with Gasteiger partial charge in [0.05, 0.1) is 18.5 Å². The predicted molar refractivity (Wildman–Crippen MR) is 134 cm³/mol. The van der Waals surface area contributed by atoms with Crippen LogP contribution >= 0.6 is 0 Å². The van der Waals surface area contributed by atoms with E-state index in [4.69, 9.17) is 9.47 Å². The molecule has 3 aromatic rings. The van der Waals surface area contributed by atoms with Gasteiger partial charge in [0, 0.05) is 0 Å². The maximum atomic E-state index is 12.7. The smallest absolute Gasteiger partial charge is 0.243 e. The molecule has 0 radical (unpaired) electrons.